The lowest BCUT2D eigenvalue weighted by Gasteiger charge is -2.23. The molecule has 0 bridgehead atoms. The average molecular weight is 293 g/mol. The van der Waals surface area contributed by atoms with E-state index in [0.717, 1.165) is 15.1 Å². The van der Waals surface area contributed by atoms with Crippen molar-refractivity contribution in [2.24, 2.45) is 0 Å². The van der Waals surface area contributed by atoms with Crippen LogP contribution in [0.4, 0.5) is 5.69 Å². The molecule has 1 N–H and O–H groups in total. The molecule has 0 saturated heterocycles. The predicted molar refractivity (Wildman–Crippen MR) is 78.4 cm³/mol. The maximum absolute atomic E-state index is 12.2. The first kappa shape index (κ1) is 14.3. The van der Waals surface area contributed by atoms with Gasteiger partial charge in [0.25, 0.3) is 0 Å². The summed E-state index contributed by atoms with van der Waals surface area (Å²) in [5.74, 6) is -2.27. The van der Waals surface area contributed by atoms with E-state index in [2.05, 4.69) is 0 Å². The molecule has 0 heterocycles. The van der Waals surface area contributed by atoms with Crippen molar-refractivity contribution in [1.29, 1.82) is 0 Å². The van der Waals surface area contributed by atoms with E-state index in [1.54, 1.807) is 19.1 Å². The van der Waals surface area contributed by atoms with Crippen LogP contribution in [0.5, 0.6) is 0 Å². The number of aliphatic carboxylic acids is 1. The fourth-order valence-corrected chi connectivity index (χ4v) is 3.50. The Hall–Kier alpha value is -2.08. The highest BCUT2D eigenvalue weighted by atomic mass is 32.2. The molecule has 6 heteroatoms. The van der Waals surface area contributed by atoms with Gasteiger partial charge in [0.2, 0.25) is 10.0 Å². The third-order valence-electron chi connectivity index (χ3n) is 2.96. The summed E-state index contributed by atoms with van der Waals surface area (Å²) in [5.41, 5.74) is 0.506. The van der Waals surface area contributed by atoms with Gasteiger partial charge in [-0.15, -0.1) is 0 Å². The fourth-order valence-electron chi connectivity index (χ4n) is 2.18. The molecule has 0 unspecified atom stereocenters. The fraction of sp³-hybridized carbons (Fsp3) is 0.214. The molecule has 0 saturated carbocycles. The van der Waals surface area contributed by atoms with Gasteiger partial charge in [-0.1, -0.05) is 36.4 Å². The number of carbonyl (C=O) groups is 1. The quantitative estimate of drug-likeness (QED) is 0.916. The molecular formula is C14H15NO4S. The summed E-state index contributed by atoms with van der Waals surface area (Å²) in [4.78, 5) is 10.7. The van der Waals surface area contributed by atoms with Crippen LogP contribution in [0.25, 0.3) is 10.8 Å². The lowest BCUT2D eigenvalue weighted by Crippen LogP contribution is -2.35. The Kier molecular flexibility index (Phi) is 3.94. The molecule has 2 rings (SSSR count). The molecule has 2 aromatic carbocycles. The number of benzene rings is 2. The molecule has 0 atom stereocenters. The van der Waals surface area contributed by atoms with Gasteiger partial charge in [0.1, 0.15) is 0 Å². The van der Waals surface area contributed by atoms with E-state index in [4.69, 9.17) is 5.11 Å². The van der Waals surface area contributed by atoms with Crippen molar-refractivity contribution >= 4 is 32.5 Å². The minimum absolute atomic E-state index is 0.184. The average Bonchev–Trinajstić information content (AvgIpc) is 2.38. The van der Waals surface area contributed by atoms with Crippen LogP contribution in [0, 0.1) is 0 Å². The molecule has 0 aromatic heterocycles. The Morgan fingerprint density at radius 3 is 2.45 bits per heavy atom. The van der Waals surface area contributed by atoms with Crippen molar-refractivity contribution in [1.82, 2.24) is 0 Å². The largest absolute Gasteiger partial charge is 0.480 e. The van der Waals surface area contributed by atoms with Gasteiger partial charge in [0.15, 0.2) is 5.75 Å². The third kappa shape index (κ3) is 2.75. The van der Waals surface area contributed by atoms with Crippen molar-refractivity contribution < 1.29 is 18.3 Å². The molecule has 0 aliphatic heterocycles. The molecule has 0 aliphatic rings. The summed E-state index contributed by atoms with van der Waals surface area (Å²) in [7, 11) is -3.88. The topological polar surface area (TPSA) is 74.7 Å². The number of fused-ring (bicyclic) bond motifs is 1. The van der Waals surface area contributed by atoms with Gasteiger partial charge >= 0.3 is 5.97 Å². The van der Waals surface area contributed by atoms with Crippen molar-refractivity contribution in [3.8, 4) is 0 Å². The van der Waals surface area contributed by atoms with Crippen LogP contribution in [0.2, 0.25) is 0 Å². The monoisotopic (exact) mass is 293 g/mol. The normalized spacial score (nSPS) is 11.4. The Labute approximate surface area is 117 Å². The number of rotatable bonds is 5. The molecule has 0 aliphatic carbocycles. The maximum atomic E-state index is 12.2. The molecule has 20 heavy (non-hydrogen) atoms. The Morgan fingerprint density at radius 2 is 1.80 bits per heavy atom. The van der Waals surface area contributed by atoms with Crippen molar-refractivity contribution in [3.05, 3.63) is 42.5 Å². The second kappa shape index (κ2) is 5.50. The molecule has 0 radical (unpaired) electrons. The molecular weight excluding hydrogens is 278 g/mol. The van der Waals surface area contributed by atoms with E-state index < -0.39 is 21.7 Å². The standard InChI is InChI=1S/C14H15NO4S/c1-2-15(20(18,19)10-14(16)17)13-9-5-7-11-6-3-4-8-12(11)13/h3-9H,2,10H2,1H3,(H,16,17). The van der Waals surface area contributed by atoms with Crippen LogP contribution in [-0.4, -0.2) is 31.8 Å². The number of carboxylic acids is 1. The predicted octanol–water partition coefficient (Wildman–Crippen LogP) is 2.08. The summed E-state index contributed by atoms with van der Waals surface area (Å²) in [5, 5.41) is 10.4. The maximum Gasteiger partial charge on any atom is 0.320 e. The number of hydrogen-bond donors (Lipinski definition) is 1. The highest BCUT2D eigenvalue weighted by molar-refractivity contribution is 7.93. The lowest BCUT2D eigenvalue weighted by molar-refractivity contribution is -0.134. The number of sulfonamides is 1. The van der Waals surface area contributed by atoms with Gasteiger partial charge in [-0.05, 0) is 18.4 Å². The molecule has 0 fully saturated rings. The molecule has 0 spiro atoms. The zero-order chi connectivity index (χ0) is 14.8. The van der Waals surface area contributed by atoms with Gasteiger partial charge in [0, 0.05) is 11.9 Å². The first-order chi connectivity index (χ1) is 9.45. The summed E-state index contributed by atoms with van der Waals surface area (Å²) in [6, 6.07) is 12.7. The highest BCUT2D eigenvalue weighted by Gasteiger charge is 2.25. The molecule has 2 aromatic rings. The van der Waals surface area contributed by atoms with Crippen LogP contribution < -0.4 is 4.31 Å². The van der Waals surface area contributed by atoms with E-state index in [9.17, 15) is 13.2 Å². The number of carboxylic acid groups (broad SMARTS) is 1. The molecule has 106 valence electrons. The Bertz CT molecular complexity index is 734. The van der Waals surface area contributed by atoms with E-state index in [-0.39, 0.29) is 6.54 Å². The number of hydrogen-bond acceptors (Lipinski definition) is 3. The van der Waals surface area contributed by atoms with Gasteiger partial charge < -0.3 is 5.11 Å². The van der Waals surface area contributed by atoms with Crippen LogP contribution >= 0.6 is 0 Å². The Balaban J connectivity index is 2.58. The van der Waals surface area contributed by atoms with Crippen LogP contribution in [0.1, 0.15) is 6.92 Å². The number of nitrogens with zero attached hydrogens (tertiary/aromatic N) is 1. The van der Waals surface area contributed by atoms with Crippen LogP contribution in [0.15, 0.2) is 42.5 Å². The van der Waals surface area contributed by atoms with Gasteiger partial charge in [-0.3, -0.25) is 9.10 Å². The number of anilines is 1. The van der Waals surface area contributed by atoms with Gasteiger partial charge in [-0.2, -0.15) is 0 Å². The van der Waals surface area contributed by atoms with Crippen molar-refractivity contribution in [3.63, 3.8) is 0 Å². The summed E-state index contributed by atoms with van der Waals surface area (Å²) < 4.78 is 25.5. The van der Waals surface area contributed by atoms with Gasteiger partial charge in [-0.25, -0.2) is 8.42 Å². The van der Waals surface area contributed by atoms with Crippen molar-refractivity contribution in [2.75, 3.05) is 16.6 Å². The Morgan fingerprint density at radius 1 is 1.15 bits per heavy atom. The first-order valence-electron chi connectivity index (χ1n) is 6.15. The minimum Gasteiger partial charge on any atom is -0.480 e. The van der Waals surface area contributed by atoms with Crippen LogP contribution in [-0.2, 0) is 14.8 Å². The molecule has 0 amide bonds. The minimum atomic E-state index is -3.88. The van der Waals surface area contributed by atoms with E-state index in [1.165, 1.54) is 0 Å². The van der Waals surface area contributed by atoms with Crippen LogP contribution in [0.3, 0.4) is 0 Å². The third-order valence-corrected chi connectivity index (χ3v) is 4.70. The second-order valence-corrected chi connectivity index (χ2v) is 6.21. The summed E-state index contributed by atoms with van der Waals surface area (Å²) in [6.07, 6.45) is 0. The first-order valence-corrected chi connectivity index (χ1v) is 7.76. The smallest absolute Gasteiger partial charge is 0.320 e. The lowest BCUT2D eigenvalue weighted by atomic mass is 10.1. The van der Waals surface area contributed by atoms with E-state index in [0.29, 0.717) is 5.69 Å². The molecule has 5 nitrogen and oxygen atoms in total. The highest BCUT2D eigenvalue weighted by Crippen LogP contribution is 2.28. The summed E-state index contributed by atoms with van der Waals surface area (Å²) >= 11 is 0. The zero-order valence-corrected chi connectivity index (χ0v) is 11.8. The van der Waals surface area contributed by atoms with Gasteiger partial charge in [0.05, 0.1) is 5.69 Å². The SMILES string of the molecule is CCN(c1cccc2ccccc12)S(=O)(=O)CC(=O)O. The van der Waals surface area contributed by atoms with E-state index >= 15 is 0 Å². The summed E-state index contributed by atoms with van der Waals surface area (Å²) in [6.45, 7) is 1.87. The second-order valence-electron chi connectivity index (χ2n) is 4.31. The van der Waals surface area contributed by atoms with Crippen molar-refractivity contribution in [2.45, 2.75) is 6.92 Å². The zero-order valence-electron chi connectivity index (χ0n) is 11.0. The van der Waals surface area contributed by atoms with E-state index in [1.807, 2.05) is 30.3 Å².